The lowest BCUT2D eigenvalue weighted by Gasteiger charge is -2.23. The predicted octanol–water partition coefficient (Wildman–Crippen LogP) is 0.283. The van der Waals surface area contributed by atoms with Gasteiger partial charge in [0.25, 0.3) is 0 Å². The van der Waals surface area contributed by atoms with Gasteiger partial charge < -0.3 is 5.32 Å². The lowest BCUT2D eigenvalue weighted by Crippen LogP contribution is -2.47. The zero-order chi connectivity index (χ0) is 13.5. The van der Waals surface area contributed by atoms with E-state index in [1.807, 2.05) is 0 Å². The Morgan fingerprint density at radius 1 is 1.21 bits per heavy atom. The maximum absolute atomic E-state index is 12.3. The highest BCUT2D eigenvalue weighted by Crippen LogP contribution is 2.28. The van der Waals surface area contributed by atoms with E-state index in [-0.39, 0.29) is 11.3 Å². The summed E-state index contributed by atoms with van der Waals surface area (Å²) in [5.74, 6) is 0. The molecule has 3 rings (SSSR count). The lowest BCUT2D eigenvalue weighted by molar-refractivity contribution is 0.308. The predicted molar refractivity (Wildman–Crippen MR) is 75.5 cm³/mol. The quantitative estimate of drug-likeness (QED) is 0.737. The number of fused-ring (bicyclic) bond motifs is 1. The molecule has 2 heterocycles. The average molecular weight is 287 g/mol. The minimum Gasteiger partial charge on any atom is -0.313 e. The van der Waals surface area contributed by atoms with E-state index in [0.717, 1.165) is 25.9 Å². The molecule has 0 aromatic carbocycles. The van der Waals surface area contributed by atoms with Crippen LogP contribution in [0.5, 0.6) is 0 Å². The fourth-order valence-electron chi connectivity index (χ4n) is 3.28. The third-order valence-electron chi connectivity index (χ3n) is 4.72. The summed E-state index contributed by atoms with van der Waals surface area (Å²) in [5, 5.41) is 2.96. The van der Waals surface area contributed by atoms with Gasteiger partial charge in [0, 0.05) is 31.2 Å². The van der Waals surface area contributed by atoms with E-state index in [1.54, 1.807) is 6.92 Å². The molecule has 0 bridgehead atoms. The van der Waals surface area contributed by atoms with Crippen molar-refractivity contribution >= 4 is 10.0 Å². The first-order valence-electron chi connectivity index (χ1n) is 7.55. The molecule has 19 heavy (non-hydrogen) atoms. The Bertz CT molecular complexity index is 422. The van der Waals surface area contributed by atoms with Gasteiger partial charge in [0.15, 0.2) is 0 Å². The van der Waals surface area contributed by atoms with Crippen LogP contribution in [0.25, 0.3) is 0 Å². The van der Waals surface area contributed by atoms with Gasteiger partial charge in [-0.2, -0.15) is 0 Å². The van der Waals surface area contributed by atoms with Crippen LogP contribution in [-0.4, -0.2) is 56.3 Å². The first kappa shape index (κ1) is 13.8. The highest BCUT2D eigenvalue weighted by Gasteiger charge is 2.39. The second-order valence-electron chi connectivity index (χ2n) is 6.30. The maximum atomic E-state index is 12.3. The van der Waals surface area contributed by atoms with E-state index in [9.17, 15) is 8.42 Å². The van der Waals surface area contributed by atoms with E-state index in [2.05, 4.69) is 14.9 Å². The Morgan fingerprint density at radius 3 is 2.74 bits per heavy atom. The molecule has 1 saturated carbocycles. The molecule has 2 N–H and O–H groups in total. The molecular weight excluding hydrogens is 262 g/mol. The summed E-state index contributed by atoms with van der Waals surface area (Å²) in [6.07, 6.45) is 5.70. The second-order valence-corrected chi connectivity index (χ2v) is 8.43. The molecule has 0 amide bonds. The minimum absolute atomic E-state index is 0.135. The molecule has 5 nitrogen and oxygen atoms in total. The van der Waals surface area contributed by atoms with Crippen LogP contribution in [0, 0.1) is 0 Å². The molecule has 3 fully saturated rings. The van der Waals surface area contributed by atoms with Gasteiger partial charge in [-0.1, -0.05) is 0 Å². The van der Waals surface area contributed by atoms with Gasteiger partial charge in [-0.25, -0.2) is 13.1 Å². The third kappa shape index (κ3) is 3.12. The maximum Gasteiger partial charge on any atom is 0.215 e. The van der Waals surface area contributed by atoms with Crippen molar-refractivity contribution in [3.05, 3.63) is 0 Å². The molecule has 0 aromatic rings. The lowest BCUT2D eigenvalue weighted by atomic mass is 10.1. The molecule has 2 aliphatic heterocycles. The monoisotopic (exact) mass is 287 g/mol. The first-order chi connectivity index (χ1) is 9.06. The number of hydrogen-bond acceptors (Lipinski definition) is 4. The van der Waals surface area contributed by atoms with Crippen LogP contribution in [0.2, 0.25) is 0 Å². The normalized spacial score (nSPS) is 33.5. The van der Waals surface area contributed by atoms with Crippen molar-refractivity contribution < 1.29 is 8.42 Å². The number of nitrogens with zero attached hydrogens (tertiary/aromatic N) is 1. The highest BCUT2D eigenvalue weighted by atomic mass is 32.2. The van der Waals surface area contributed by atoms with Crippen molar-refractivity contribution in [3.63, 3.8) is 0 Å². The van der Waals surface area contributed by atoms with Crippen molar-refractivity contribution in [3.8, 4) is 0 Å². The number of hydrogen-bond donors (Lipinski definition) is 2. The van der Waals surface area contributed by atoms with Crippen molar-refractivity contribution in [2.24, 2.45) is 0 Å². The Hall–Kier alpha value is -0.170. The zero-order valence-electron chi connectivity index (χ0n) is 11.6. The summed E-state index contributed by atoms with van der Waals surface area (Å²) in [6, 6.07) is 1.14. The average Bonchev–Trinajstić information content (AvgIpc) is 2.94. The zero-order valence-corrected chi connectivity index (χ0v) is 12.5. The van der Waals surface area contributed by atoms with Crippen LogP contribution in [0.15, 0.2) is 0 Å². The first-order valence-corrected chi connectivity index (χ1v) is 9.09. The van der Waals surface area contributed by atoms with Gasteiger partial charge in [0.05, 0.1) is 5.25 Å². The molecule has 0 spiro atoms. The molecular formula is C13H25N3O2S. The van der Waals surface area contributed by atoms with E-state index < -0.39 is 10.0 Å². The Morgan fingerprint density at radius 2 is 2.00 bits per heavy atom. The molecule has 1 aliphatic carbocycles. The number of nitrogens with one attached hydrogen (secondary N) is 2. The third-order valence-corrected chi connectivity index (χ3v) is 6.58. The van der Waals surface area contributed by atoms with Crippen LogP contribution in [0.4, 0.5) is 0 Å². The van der Waals surface area contributed by atoms with Crippen LogP contribution in [0.3, 0.4) is 0 Å². The fraction of sp³-hybridized carbons (Fsp3) is 1.00. The van der Waals surface area contributed by atoms with E-state index in [4.69, 9.17) is 0 Å². The van der Waals surface area contributed by atoms with Crippen LogP contribution < -0.4 is 10.0 Å². The SMILES string of the molecule is CC(CNC1CC1)S(=O)(=O)NC1CCN2CCCC12. The van der Waals surface area contributed by atoms with Crippen LogP contribution in [-0.2, 0) is 10.0 Å². The van der Waals surface area contributed by atoms with Crippen molar-refractivity contribution in [2.75, 3.05) is 19.6 Å². The van der Waals surface area contributed by atoms with Crippen LogP contribution >= 0.6 is 0 Å². The summed E-state index contributed by atoms with van der Waals surface area (Å²) < 4.78 is 27.6. The Kier molecular flexibility index (Phi) is 3.86. The number of sulfonamides is 1. The van der Waals surface area contributed by atoms with E-state index >= 15 is 0 Å². The van der Waals surface area contributed by atoms with E-state index in [1.165, 1.54) is 19.3 Å². The molecule has 2 saturated heterocycles. The number of rotatable bonds is 6. The van der Waals surface area contributed by atoms with E-state index in [0.29, 0.717) is 18.6 Å². The standard InChI is InChI=1S/C13H25N3O2S/c1-10(9-14-11-4-5-11)19(17,18)15-12-6-8-16-7-2-3-13(12)16/h10-15H,2-9H2,1H3. The molecule has 3 aliphatic rings. The van der Waals surface area contributed by atoms with Gasteiger partial charge in [-0.15, -0.1) is 0 Å². The summed E-state index contributed by atoms with van der Waals surface area (Å²) in [6.45, 7) is 4.56. The summed E-state index contributed by atoms with van der Waals surface area (Å²) >= 11 is 0. The van der Waals surface area contributed by atoms with Crippen LogP contribution in [0.1, 0.15) is 39.0 Å². The second kappa shape index (κ2) is 5.31. The molecule has 3 unspecified atom stereocenters. The highest BCUT2D eigenvalue weighted by molar-refractivity contribution is 7.90. The Balaban J connectivity index is 1.54. The van der Waals surface area contributed by atoms with Gasteiger partial charge >= 0.3 is 0 Å². The topological polar surface area (TPSA) is 61.4 Å². The fourth-order valence-corrected chi connectivity index (χ4v) is 4.52. The molecule has 0 aromatic heterocycles. The van der Waals surface area contributed by atoms with Gasteiger partial charge in [0.1, 0.15) is 0 Å². The molecule has 3 atom stereocenters. The smallest absolute Gasteiger partial charge is 0.215 e. The minimum atomic E-state index is -3.19. The van der Waals surface area contributed by atoms with Crippen molar-refractivity contribution in [1.29, 1.82) is 0 Å². The molecule has 6 heteroatoms. The van der Waals surface area contributed by atoms with Gasteiger partial charge in [0.2, 0.25) is 10.0 Å². The molecule has 0 radical (unpaired) electrons. The van der Waals surface area contributed by atoms with Gasteiger partial charge in [-0.05, 0) is 45.6 Å². The molecule has 110 valence electrons. The summed E-state index contributed by atoms with van der Waals surface area (Å²) in [5.41, 5.74) is 0. The van der Waals surface area contributed by atoms with Gasteiger partial charge in [-0.3, -0.25) is 4.90 Å². The van der Waals surface area contributed by atoms with Crippen molar-refractivity contribution in [2.45, 2.75) is 62.4 Å². The summed E-state index contributed by atoms with van der Waals surface area (Å²) in [7, 11) is -3.19. The Labute approximate surface area is 116 Å². The summed E-state index contributed by atoms with van der Waals surface area (Å²) in [4.78, 5) is 2.43. The van der Waals surface area contributed by atoms with Crippen molar-refractivity contribution in [1.82, 2.24) is 14.9 Å². The largest absolute Gasteiger partial charge is 0.313 e.